The summed E-state index contributed by atoms with van der Waals surface area (Å²) in [6.07, 6.45) is 0. The molecule has 4 N–H and O–H groups in total. The van der Waals surface area contributed by atoms with Crippen LogP contribution in [0.5, 0.6) is 0 Å². The number of fused-ring (bicyclic) bond motifs is 8. The van der Waals surface area contributed by atoms with Crippen LogP contribution in [0.3, 0.4) is 0 Å². The smallest absolute Gasteiger partial charge is 0.200 e. The Hall–Kier alpha value is -8.87. The Bertz CT molecular complexity index is 4420. The summed E-state index contributed by atoms with van der Waals surface area (Å²) in [5.74, 6) is -36.4. The molecular weight excluding hydrogens is 990 g/mol. The fourth-order valence-electron chi connectivity index (χ4n) is 9.85. The predicted octanol–water partition coefficient (Wildman–Crippen LogP) is 11.3. The highest BCUT2D eigenvalue weighted by atomic mass is 19.2. The van der Waals surface area contributed by atoms with Crippen molar-refractivity contribution in [1.82, 2.24) is 19.9 Å². The molecule has 0 saturated carbocycles. The van der Waals surface area contributed by atoms with Gasteiger partial charge >= 0.3 is 0 Å². The van der Waals surface area contributed by atoms with E-state index in [1.807, 2.05) is 36.4 Å². The molecule has 0 aliphatic carbocycles. The van der Waals surface area contributed by atoms with E-state index in [2.05, 4.69) is 19.9 Å². The molecule has 0 spiro atoms. The second-order valence-corrected chi connectivity index (χ2v) is 16.9. The van der Waals surface area contributed by atoms with Crippen molar-refractivity contribution in [2.75, 3.05) is 0 Å². The van der Waals surface area contributed by atoms with Crippen molar-refractivity contribution in [3.05, 3.63) is 257 Å². The first kappa shape index (κ1) is 45.3. The number of rotatable bonds is 4. The first-order chi connectivity index (χ1) is 35.0. The Balaban J connectivity index is 1.29. The van der Waals surface area contributed by atoms with E-state index >= 15 is 52.7 Å². The molecule has 0 fully saturated rings. The van der Waals surface area contributed by atoms with Crippen LogP contribution in [0.15, 0.2) is 103 Å². The third-order valence-electron chi connectivity index (χ3n) is 13.1. The number of nitrogens with one attached hydrogen (secondary N) is 4. The highest BCUT2D eigenvalue weighted by molar-refractivity contribution is 6.24. The Morgan fingerprint density at radius 1 is 0.233 bits per heavy atom. The van der Waals surface area contributed by atoms with E-state index in [9.17, 15) is 13.2 Å². The first-order valence-electron chi connectivity index (χ1n) is 21.5. The summed E-state index contributed by atoms with van der Waals surface area (Å²) < 4.78 is 232. The Kier molecular flexibility index (Phi) is 9.97. The fourth-order valence-corrected chi connectivity index (χ4v) is 9.85. The number of halogens is 15. The monoisotopic (exact) mass is 1010 g/mol. The van der Waals surface area contributed by atoms with E-state index in [4.69, 9.17) is 0 Å². The van der Waals surface area contributed by atoms with Crippen molar-refractivity contribution in [2.24, 2.45) is 0 Å². The van der Waals surface area contributed by atoms with Crippen molar-refractivity contribution in [3.8, 4) is 0 Å². The molecule has 4 aromatic heterocycles. The Morgan fingerprint density at radius 3 is 0.890 bits per heavy atom. The maximum Gasteiger partial charge on any atom is 0.200 e. The minimum atomic E-state index is -2.60. The molecule has 1 aliphatic heterocycles. The van der Waals surface area contributed by atoms with Gasteiger partial charge in [0.15, 0.2) is 69.8 Å². The zero-order chi connectivity index (χ0) is 51.2. The predicted molar refractivity (Wildman–Crippen MR) is 237 cm³/mol. The van der Waals surface area contributed by atoms with Gasteiger partial charge in [0.2, 0.25) is 17.5 Å². The van der Waals surface area contributed by atoms with Gasteiger partial charge in [-0.2, -0.15) is 0 Å². The van der Waals surface area contributed by atoms with Gasteiger partial charge in [-0.3, -0.25) is 0 Å². The standard InChI is InChI=1S/C54H21F15N4/c55-40-37(41(56)47(62)52(67)46(40)61)34-25-12-10-23(70-25)33(22-9-7-20-5-4-18-2-1-3-19-6-8-21(22)32(20)31(18)19)24-11-13-26(71-24)35(38-42(57)48(63)53(68)49(64)43(38)58)28-15-17-30(73-28)36(29-16-14-27(34)72-29)39-44(59)50(65)54(69)51(66)45(39)60/h1-17,70-73H. The normalized spacial score (nSPS) is 13.0. The molecule has 8 bridgehead atoms. The third kappa shape index (κ3) is 6.39. The van der Waals surface area contributed by atoms with Crippen LogP contribution in [0.1, 0.15) is 45.0 Å². The molecule has 0 atom stereocenters. The van der Waals surface area contributed by atoms with Gasteiger partial charge in [0.1, 0.15) is 0 Å². The minimum absolute atomic E-state index is 0.00674. The van der Waals surface area contributed by atoms with Crippen LogP contribution in [0.2, 0.25) is 0 Å². The third-order valence-corrected chi connectivity index (χ3v) is 13.1. The average Bonchev–Trinajstić information content (AvgIpc) is 4.26. The lowest BCUT2D eigenvalue weighted by Crippen LogP contribution is -2.22. The number of benzene rings is 7. The van der Waals surface area contributed by atoms with Crippen molar-refractivity contribution in [3.63, 3.8) is 0 Å². The Labute approximate surface area is 396 Å². The Morgan fingerprint density at radius 2 is 0.521 bits per heavy atom. The molecule has 0 amide bonds. The van der Waals surface area contributed by atoms with E-state index in [1.54, 1.807) is 18.2 Å². The molecule has 0 unspecified atom stereocenters. The maximum absolute atomic E-state index is 16.2. The van der Waals surface area contributed by atoms with Crippen LogP contribution >= 0.6 is 0 Å². The number of aromatic amines is 4. The van der Waals surface area contributed by atoms with Gasteiger partial charge < -0.3 is 19.9 Å². The topological polar surface area (TPSA) is 63.2 Å². The van der Waals surface area contributed by atoms with Crippen LogP contribution in [0.25, 0.3) is 54.6 Å². The molecular formula is C54H21F15N4. The van der Waals surface area contributed by atoms with Crippen LogP contribution in [0.4, 0.5) is 65.9 Å². The number of aromatic nitrogens is 4. The molecule has 19 heteroatoms. The van der Waals surface area contributed by atoms with Crippen molar-refractivity contribution in [2.45, 2.75) is 0 Å². The van der Waals surface area contributed by atoms with Gasteiger partial charge in [-0.05, 0) is 86.4 Å². The largest absolute Gasteiger partial charge is 0.354 e. The molecule has 0 saturated heterocycles. The van der Waals surface area contributed by atoms with Crippen LogP contribution in [-0.2, 0) is 0 Å². The summed E-state index contributed by atoms with van der Waals surface area (Å²) in [4.78, 5) is 11.0. The molecule has 11 aromatic rings. The molecule has 362 valence electrons. The van der Waals surface area contributed by atoms with Crippen molar-refractivity contribution in [1.29, 1.82) is 0 Å². The molecule has 1 aliphatic rings. The fraction of sp³-hybridized carbons (Fsp3) is 0. The van der Waals surface area contributed by atoms with Crippen molar-refractivity contribution < 1.29 is 65.9 Å². The van der Waals surface area contributed by atoms with Gasteiger partial charge in [-0.25, -0.2) is 65.9 Å². The van der Waals surface area contributed by atoms with E-state index in [0.29, 0.717) is 10.9 Å². The molecule has 7 aromatic carbocycles. The number of hydrogen-bond acceptors (Lipinski definition) is 0. The lowest BCUT2D eigenvalue weighted by molar-refractivity contribution is 0.376. The quantitative estimate of drug-likeness (QED) is 0.0588. The van der Waals surface area contributed by atoms with Gasteiger partial charge in [-0.1, -0.05) is 54.6 Å². The molecule has 4 nitrogen and oxygen atoms in total. The van der Waals surface area contributed by atoms with Crippen LogP contribution in [-0.4, -0.2) is 19.9 Å². The van der Waals surface area contributed by atoms with Crippen LogP contribution in [0, 0.1) is 87.3 Å². The summed E-state index contributed by atoms with van der Waals surface area (Å²) in [5.41, 5.74) is -8.55. The number of H-pyrrole nitrogens is 4. The summed E-state index contributed by atoms with van der Waals surface area (Å²) in [6.45, 7) is 0. The average molecular weight is 1010 g/mol. The number of hydrogen-bond donors (Lipinski definition) is 4. The van der Waals surface area contributed by atoms with Gasteiger partial charge in [0.25, 0.3) is 0 Å². The van der Waals surface area contributed by atoms with Gasteiger partial charge in [-0.15, -0.1) is 0 Å². The van der Waals surface area contributed by atoms with E-state index < -0.39 is 154 Å². The van der Waals surface area contributed by atoms with Gasteiger partial charge in [0, 0.05) is 66.5 Å². The van der Waals surface area contributed by atoms with Crippen LogP contribution < -0.4 is 21.4 Å². The van der Waals surface area contributed by atoms with Gasteiger partial charge in [0.05, 0.1) is 16.7 Å². The molecule has 73 heavy (non-hydrogen) atoms. The summed E-state index contributed by atoms with van der Waals surface area (Å²) >= 11 is 0. The van der Waals surface area contributed by atoms with E-state index in [0.717, 1.165) is 51.2 Å². The lowest BCUT2D eigenvalue weighted by Gasteiger charge is -2.16. The van der Waals surface area contributed by atoms with E-state index in [-0.39, 0.29) is 16.6 Å². The highest BCUT2D eigenvalue weighted by Crippen LogP contribution is 2.40. The van der Waals surface area contributed by atoms with E-state index in [1.165, 1.54) is 24.3 Å². The molecule has 0 radical (unpaired) electrons. The summed E-state index contributed by atoms with van der Waals surface area (Å²) in [5, 5.41) is 2.94. The SMILES string of the molecule is Fc1c(F)c(F)c(C2=c3ccc([nH]3)=C(c3c(F)c(F)c(F)c(F)c3F)c3ccc([nH]3)C(c3ccc4ccc5cccc6ccc3c4c56)=c3ccc([nH]3)=C(c3c(F)c(F)c(F)c(F)c3F)c3ccc2[nH]3)c(F)c1F. The zero-order valence-corrected chi connectivity index (χ0v) is 36.0. The second-order valence-electron chi connectivity index (χ2n) is 16.9. The lowest BCUT2D eigenvalue weighted by atomic mass is 9.89. The summed E-state index contributed by atoms with van der Waals surface area (Å²) in [6, 6.07) is 25.1. The minimum Gasteiger partial charge on any atom is -0.354 e. The second kappa shape index (κ2) is 16.1. The summed E-state index contributed by atoms with van der Waals surface area (Å²) in [7, 11) is 0. The first-order valence-corrected chi connectivity index (χ1v) is 21.5. The maximum atomic E-state index is 16.2. The molecule has 5 heterocycles. The van der Waals surface area contributed by atoms with Crippen molar-refractivity contribution >= 4 is 54.6 Å². The zero-order valence-electron chi connectivity index (χ0n) is 36.0. The highest BCUT2D eigenvalue weighted by Gasteiger charge is 2.34. The molecule has 12 rings (SSSR count).